The Morgan fingerprint density at radius 2 is 1.33 bits per heavy atom. The van der Waals surface area contributed by atoms with E-state index in [-0.39, 0.29) is 4.90 Å². The van der Waals surface area contributed by atoms with E-state index >= 15 is 0 Å². The summed E-state index contributed by atoms with van der Waals surface area (Å²) < 4.78 is 31.0. The average molecular weight is 522 g/mol. The molecule has 0 spiro atoms. The zero-order chi connectivity index (χ0) is 27.2. The van der Waals surface area contributed by atoms with Gasteiger partial charge in [0.15, 0.2) is 0 Å². The number of fused-ring (bicyclic) bond motifs is 1. The molecule has 2 aromatic carbocycles. The molecule has 0 aliphatic rings. The second kappa shape index (κ2) is 16.2. The third-order valence-corrected chi connectivity index (χ3v) is 7.77. The van der Waals surface area contributed by atoms with Gasteiger partial charge in [0.05, 0.1) is 17.7 Å². The van der Waals surface area contributed by atoms with Crippen molar-refractivity contribution >= 4 is 20.9 Å². The zero-order valence-electron chi connectivity index (χ0n) is 22.3. The third kappa shape index (κ3) is 10.3. The topological polar surface area (TPSA) is 121 Å². The van der Waals surface area contributed by atoms with Gasteiger partial charge in [-0.1, -0.05) is 113 Å². The molecule has 36 heavy (non-hydrogen) atoms. The van der Waals surface area contributed by atoms with Gasteiger partial charge in [-0.2, -0.15) is 8.42 Å². The van der Waals surface area contributed by atoms with Crippen molar-refractivity contribution in [1.82, 2.24) is 0 Å². The number of aliphatic hydroxyl groups excluding tert-OH is 2. The van der Waals surface area contributed by atoms with Crippen molar-refractivity contribution in [3.63, 3.8) is 0 Å². The van der Waals surface area contributed by atoms with Crippen LogP contribution in [0.1, 0.15) is 91.4 Å². The molecule has 0 aliphatic heterocycles. The summed E-state index contributed by atoms with van der Waals surface area (Å²) in [5.74, 6) is 0. The van der Waals surface area contributed by atoms with E-state index in [4.69, 9.17) is 10.3 Å². The van der Waals surface area contributed by atoms with Crippen LogP contribution in [0.2, 0.25) is 0 Å². The minimum atomic E-state index is -4.13. The Morgan fingerprint density at radius 3 is 1.83 bits per heavy atom. The van der Waals surface area contributed by atoms with Gasteiger partial charge in [-0.3, -0.25) is 4.55 Å². The van der Waals surface area contributed by atoms with E-state index in [2.05, 4.69) is 13.5 Å². The molecule has 0 saturated carbocycles. The second-order valence-electron chi connectivity index (χ2n) is 9.77. The maximum Gasteiger partial charge on any atom is 0.295 e. The summed E-state index contributed by atoms with van der Waals surface area (Å²) in [6.07, 6.45) is 12.1. The lowest BCUT2D eigenvalue weighted by atomic mass is 9.79. The van der Waals surface area contributed by atoms with Crippen LogP contribution in [0.4, 0.5) is 0 Å². The number of hydrogen-bond donors (Lipinski definition) is 4. The van der Waals surface area contributed by atoms with Gasteiger partial charge in [-0.25, -0.2) is 0 Å². The van der Waals surface area contributed by atoms with Crippen molar-refractivity contribution < 1.29 is 23.2 Å². The summed E-state index contributed by atoms with van der Waals surface area (Å²) in [4.78, 5) is -0.0457. The summed E-state index contributed by atoms with van der Waals surface area (Å²) in [6.45, 7) is 9.49. The molecule has 0 saturated heterocycles. The summed E-state index contributed by atoms with van der Waals surface area (Å²) in [7, 11) is -4.13. The van der Waals surface area contributed by atoms with Crippen LogP contribution >= 0.6 is 0 Å². The summed E-state index contributed by atoms with van der Waals surface area (Å²) in [6, 6.07) is 11.8. The van der Waals surface area contributed by atoms with Crippen molar-refractivity contribution in [2.45, 2.75) is 114 Å². The first-order chi connectivity index (χ1) is 17.0. The van der Waals surface area contributed by atoms with Gasteiger partial charge in [-0.15, -0.1) is 0 Å². The number of nitrogens with two attached hydrogens (primary N) is 1. The van der Waals surface area contributed by atoms with E-state index in [1.165, 1.54) is 63.9 Å². The minimum absolute atomic E-state index is 0.0457. The van der Waals surface area contributed by atoms with Crippen molar-refractivity contribution in [3.05, 3.63) is 54.6 Å². The fraction of sp³-hybridized carbons (Fsp3) is 0.586. The van der Waals surface area contributed by atoms with E-state index in [1.54, 1.807) is 44.2 Å². The van der Waals surface area contributed by atoms with E-state index in [0.717, 1.165) is 23.8 Å². The smallest absolute Gasteiger partial charge is 0.295 e. The van der Waals surface area contributed by atoms with Crippen LogP contribution in [-0.2, 0) is 10.1 Å². The maximum absolute atomic E-state index is 11.0. The summed E-state index contributed by atoms with van der Waals surface area (Å²) in [5, 5.41) is 21.0. The number of aliphatic hydroxyl groups is 2. The van der Waals surface area contributed by atoms with E-state index in [1.807, 2.05) is 6.07 Å². The molecule has 204 valence electrons. The molecule has 0 aromatic heterocycles. The Bertz CT molecular complexity index is 1000. The first-order valence-corrected chi connectivity index (χ1v) is 14.7. The van der Waals surface area contributed by atoms with Crippen LogP contribution in [0.3, 0.4) is 0 Å². The quantitative estimate of drug-likeness (QED) is 0.122. The second-order valence-corrected chi connectivity index (χ2v) is 11.2. The lowest BCUT2D eigenvalue weighted by molar-refractivity contribution is 0.0267. The molecule has 7 heteroatoms. The van der Waals surface area contributed by atoms with Gasteiger partial charge >= 0.3 is 0 Å². The van der Waals surface area contributed by atoms with Crippen molar-refractivity contribution in [2.24, 2.45) is 5.73 Å². The summed E-state index contributed by atoms with van der Waals surface area (Å²) in [5.41, 5.74) is 5.83. The van der Waals surface area contributed by atoms with Gasteiger partial charge in [0, 0.05) is 5.39 Å². The monoisotopic (exact) mass is 521 g/mol. The van der Waals surface area contributed by atoms with E-state index in [9.17, 15) is 18.6 Å². The molecule has 5 N–H and O–H groups in total. The van der Waals surface area contributed by atoms with Gasteiger partial charge in [0.1, 0.15) is 4.90 Å². The predicted molar refractivity (Wildman–Crippen MR) is 150 cm³/mol. The fourth-order valence-corrected chi connectivity index (χ4v) is 5.12. The van der Waals surface area contributed by atoms with Crippen molar-refractivity contribution in [1.29, 1.82) is 0 Å². The highest BCUT2D eigenvalue weighted by Crippen LogP contribution is 2.26. The van der Waals surface area contributed by atoms with Crippen LogP contribution in [0.5, 0.6) is 0 Å². The van der Waals surface area contributed by atoms with Crippen LogP contribution in [0, 0.1) is 0 Å². The number of unbranched alkanes of at least 4 members (excludes halogenated alkanes) is 9. The standard InChI is InChI=1S/C19H39NO2.C10H8O3S/c1-5-6-7-8-9-10-11-12-13-14-15-16(2)19(20,17(3)21)18(4)22;11-14(12,13)10-7-3-5-8-4-1-2-6-9(8)10/h17-18,21-22H,2,5-15,20H2,1,3-4H3;1-7H,(H,11,12,13). The molecular formula is C29H47NO5S. The molecule has 0 amide bonds. The normalized spacial score (nSPS) is 15.0. The molecule has 2 rings (SSSR count). The van der Waals surface area contributed by atoms with Gasteiger partial charge in [0.2, 0.25) is 0 Å². The maximum atomic E-state index is 11.0. The van der Waals surface area contributed by atoms with Gasteiger partial charge in [0.25, 0.3) is 10.1 Å². The fourth-order valence-electron chi connectivity index (χ4n) is 4.40. The highest BCUT2D eigenvalue weighted by atomic mass is 32.2. The molecular weight excluding hydrogens is 474 g/mol. The Kier molecular flexibility index (Phi) is 14.5. The van der Waals surface area contributed by atoms with Crippen molar-refractivity contribution in [2.75, 3.05) is 0 Å². The molecule has 0 heterocycles. The summed E-state index contributed by atoms with van der Waals surface area (Å²) >= 11 is 0. The largest absolute Gasteiger partial charge is 0.391 e. The molecule has 2 unspecified atom stereocenters. The SMILES string of the molecule is C=C(CCCCCCCCCCCC)C(N)(C(C)O)C(C)O.O=S(=O)(O)c1cccc2ccccc12. The van der Waals surface area contributed by atoms with Crippen molar-refractivity contribution in [3.8, 4) is 0 Å². The van der Waals surface area contributed by atoms with Gasteiger partial charge < -0.3 is 15.9 Å². The van der Waals surface area contributed by atoms with Crippen LogP contribution in [0.25, 0.3) is 10.8 Å². The molecule has 0 bridgehead atoms. The first-order valence-electron chi connectivity index (χ1n) is 13.2. The molecule has 6 nitrogen and oxygen atoms in total. The highest BCUT2D eigenvalue weighted by Gasteiger charge is 2.38. The lowest BCUT2D eigenvalue weighted by Gasteiger charge is -2.37. The average Bonchev–Trinajstić information content (AvgIpc) is 2.83. The lowest BCUT2D eigenvalue weighted by Crippen LogP contribution is -2.58. The number of benzene rings is 2. The van der Waals surface area contributed by atoms with E-state index < -0.39 is 27.9 Å². The Hall–Kier alpha value is -1.77. The Balaban J connectivity index is 0.000000393. The number of hydrogen-bond acceptors (Lipinski definition) is 5. The van der Waals surface area contributed by atoms with E-state index in [0.29, 0.717) is 5.39 Å². The first kappa shape index (κ1) is 32.3. The predicted octanol–water partition coefficient (Wildman–Crippen LogP) is 6.40. The molecule has 0 fully saturated rings. The molecule has 0 aliphatic carbocycles. The molecule has 2 atom stereocenters. The van der Waals surface area contributed by atoms with Crippen LogP contribution in [0.15, 0.2) is 59.5 Å². The molecule has 2 aromatic rings. The Morgan fingerprint density at radius 1 is 0.861 bits per heavy atom. The van der Waals surface area contributed by atoms with Crippen LogP contribution < -0.4 is 5.73 Å². The highest BCUT2D eigenvalue weighted by molar-refractivity contribution is 7.86. The molecule has 0 radical (unpaired) electrons. The number of rotatable bonds is 15. The van der Waals surface area contributed by atoms with Crippen LogP contribution in [-0.4, -0.2) is 40.9 Å². The third-order valence-electron chi connectivity index (χ3n) is 6.85. The zero-order valence-corrected chi connectivity index (χ0v) is 23.1. The minimum Gasteiger partial charge on any atom is -0.391 e. The van der Waals surface area contributed by atoms with Gasteiger partial charge in [-0.05, 0) is 38.1 Å². The Labute approximate surface area is 218 Å².